The van der Waals surface area contributed by atoms with E-state index in [0.717, 1.165) is 10.0 Å². The van der Waals surface area contributed by atoms with Crippen LogP contribution in [0, 0.1) is 6.92 Å². The van der Waals surface area contributed by atoms with Gasteiger partial charge in [0.15, 0.2) is 0 Å². The third-order valence-corrected chi connectivity index (χ3v) is 4.18. The third kappa shape index (κ3) is 3.33. The molecule has 4 aromatic rings. The number of anilines is 1. The van der Waals surface area contributed by atoms with Gasteiger partial charge in [0, 0.05) is 17.6 Å². The molecular formula is C17H14BrN7O. The molecule has 0 unspecified atom stereocenters. The quantitative estimate of drug-likeness (QED) is 0.557. The van der Waals surface area contributed by atoms with Crippen molar-refractivity contribution in [2.75, 3.05) is 5.32 Å². The molecule has 8 nitrogen and oxygen atoms in total. The Bertz CT molecular complexity index is 1080. The maximum atomic E-state index is 12.6. The van der Waals surface area contributed by atoms with Crippen molar-refractivity contribution in [2.45, 2.75) is 13.5 Å². The van der Waals surface area contributed by atoms with Crippen LogP contribution >= 0.6 is 15.9 Å². The van der Waals surface area contributed by atoms with Gasteiger partial charge in [0.25, 0.3) is 11.7 Å². The van der Waals surface area contributed by atoms with Crippen molar-refractivity contribution in [3.8, 4) is 0 Å². The van der Waals surface area contributed by atoms with Crippen molar-refractivity contribution in [2.24, 2.45) is 0 Å². The van der Waals surface area contributed by atoms with E-state index in [1.807, 2.05) is 42.1 Å². The molecule has 1 N–H and O–H groups in total. The summed E-state index contributed by atoms with van der Waals surface area (Å²) in [7, 11) is 0. The molecular weight excluding hydrogens is 398 g/mol. The largest absolute Gasteiger partial charge is 0.321 e. The van der Waals surface area contributed by atoms with Crippen LogP contribution in [-0.2, 0) is 6.54 Å². The predicted octanol–water partition coefficient (Wildman–Crippen LogP) is 2.69. The van der Waals surface area contributed by atoms with E-state index in [2.05, 4.69) is 41.4 Å². The third-order valence-electron chi connectivity index (χ3n) is 3.77. The van der Waals surface area contributed by atoms with Crippen LogP contribution in [0.3, 0.4) is 0 Å². The van der Waals surface area contributed by atoms with Crippen LogP contribution in [0.25, 0.3) is 5.78 Å². The highest BCUT2D eigenvalue weighted by Gasteiger charge is 2.13. The Morgan fingerprint density at radius 1 is 1.23 bits per heavy atom. The van der Waals surface area contributed by atoms with E-state index in [0.29, 0.717) is 29.4 Å². The highest BCUT2D eigenvalue weighted by atomic mass is 79.9. The molecule has 3 heterocycles. The summed E-state index contributed by atoms with van der Waals surface area (Å²) in [6.45, 7) is 2.47. The lowest BCUT2D eigenvalue weighted by atomic mass is 10.2. The van der Waals surface area contributed by atoms with E-state index < -0.39 is 0 Å². The first-order chi connectivity index (χ1) is 12.6. The van der Waals surface area contributed by atoms with Gasteiger partial charge in [-0.05, 0) is 46.6 Å². The first-order valence-electron chi connectivity index (χ1n) is 7.84. The van der Waals surface area contributed by atoms with Gasteiger partial charge in [-0.3, -0.25) is 9.48 Å². The van der Waals surface area contributed by atoms with Gasteiger partial charge in [-0.1, -0.05) is 12.1 Å². The molecule has 0 saturated carbocycles. The summed E-state index contributed by atoms with van der Waals surface area (Å²) in [4.78, 5) is 20.9. The summed E-state index contributed by atoms with van der Waals surface area (Å²) < 4.78 is 4.19. The van der Waals surface area contributed by atoms with Gasteiger partial charge < -0.3 is 5.32 Å². The Morgan fingerprint density at radius 2 is 2.04 bits per heavy atom. The van der Waals surface area contributed by atoms with Gasteiger partial charge in [0.2, 0.25) is 0 Å². The number of halogens is 1. The number of nitrogens with zero attached hydrogens (tertiary/aromatic N) is 6. The lowest BCUT2D eigenvalue weighted by Gasteiger charge is -2.08. The van der Waals surface area contributed by atoms with Gasteiger partial charge >= 0.3 is 0 Å². The van der Waals surface area contributed by atoms with E-state index in [4.69, 9.17) is 0 Å². The molecule has 0 fully saturated rings. The normalized spacial score (nSPS) is 11.0. The minimum Gasteiger partial charge on any atom is -0.321 e. The monoisotopic (exact) mass is 411 g/mol. The van der Waals surface area contributed by atoms with Crippen LogP contribution in [0.2, 0.25) is 0 Å². The number of hydrogen-bond donors (Lipinski definition) is 1. The van der Waals surface area contributed by atoms with Gasteiger partial charge in [-0.25, -0.2) is 4.98 Å². The van der Waals surface area contributed by atoms with Crippen LogP contribution in [0.15, 0.2) is 53.5 Å². The molecule has 0 atom stereocenters. The van der Waals surface area contributed by atoms with Crippen molar-refractivity contribution in [3.05, 3.63) is 70.5 Å². The Kier molecular flexibility index (Phi) is 4.21. The van der Waals surface area contributed by atoms with Crippen LogP contribution < -0.4 is 5.32 Å². The molecule has 0 radical (unpaired) electrons. The number of nitrogens with one attached hydrogen (secondary N) is 1. The van der Waals surface area contributed by atoms with E-state index in [1.165, 1.54) is 10.8 Å². The highest BCUT2D eigenvalue weighted by Crippen LogP contribution is 2.14. The average Bonchev–Trinajstić information content (AvgIpc) is 3.24. The first kappa shape index (κ1) is 16.4. The summed E-state index contributed by atoms with van der Waals surface area (Å²) in [6.07, 6.45) is 5.03. The SMILES string of the molecule is Cc1cc(C(=O)Nc2ccc(Cn3cc(Br)cn3)cc2)n2ncnc2n1. The fraction of sp³-hybridized carbons (Fsp3) is 0.118. The van der Waals surface area contributed by atoms with Crippen molar-refractivity contribution in [1.82, 2.24) is 29.4 Å². The summed E-state index contributed by atoms with van der Waals surface area (Å²) in [5, 5.41) is 11.2. The fourth-order valence-electron chi connectivity index (χ4n) is 2.59. The smallest absolute Gasteiger partial charge is 0.274 e. The predicted molar refractivity (Wildman–Crippen MR) is 98.9 cm³/mol. The number of hydrogen-bond acceptors (Lipinski definition) is 5. The highest BCUT2D eigenvalue weighted by molar-refractivity contribution is 9.10. The summed E-state index contributed by atoms with van der Waals surface area (Å²) in [6, 6.07) is 9.31. The Morgan fingerprint density at radius 3 is 2.77 bits per heavy atom. The zero-order valence-corrected chi connectivity index (χ0v) is 15.4. The zero-order valence-electron chi connectivity index (χ0n) is 13.8. The number of aromatic nitrogens is 6. The maximum Gasteiger partial charge on any atom is 0.274 e. The second-order valence-electron chi connectivity index (χ2n) is 5.76. The molecule has 1 amide bonds. The second kappa shape index (κ2) is 6.68. The van der Waals surface area contributed by atoms with Gasteiger partial charge in [0.1, 0.15) is 12.0 Å². The number of carbonyl (C=O) groups is 1. The molecule has 3 aromatic heterocycles. The minimum absolute atomic E-state index is 0.269. The molecule has 130 valence electrons. The number of aryl methyl sites for hydroxylation is 1. The lowest BCUT2D eigenvalue weighted by Crippen LogP contribution is -2.17. The molecule has 0 saturated heterocycles. The standard InChI is InChI=1S/C17H14BrN7O/c1-11-6-15(25-17(22-11)19-10-21-25)16(26)23-14-4-2-12(3-5-14)8-24-9-13(18)7-20-24/h2-7,9-10H,8H2,1H3,(H,23,26). The van der Waals surface area contributed by atoms with E-state index in [9.17, 15) is 4.79 Å². The van der Waals surface area contributed by atoms with Crippen molar-refractivity contribution < 1.29 is 4.79 Å². The molecule has 0 aliphatic rings. The number of carbonyl (C=O) groups excluding carboxylic acids is 1. The Labute approximate surface area is 157 Å². The summed E-state index contributed by atoms with van der Waals surface area (Å²) in [5.74, 6) is 0.130. The average molecular weight is 412 g/mol. The van der Waals surface area contributed by atoms with Crippen LogP contribution in [0.4, 0.5) is 5.69 Å². The number of rotatable bonds is 4. The number of fused-ring (bicyclic) bond motifs is 1. The lowest BCUT2D eigenvalue weighted by molar-refractivity contribution is 0.101. The maximum absolute atomic E-state index is 12.6. The fourth-order valence-corrected chi connectivity index (χ4v) is 2.92. The van der Waals surface area contributed by atoms with Gasteiger partial charge in [0.05, 0.1) is 17.2 Å². The molecule has 26 heavy (non-hydrogen) atoms. The topological polar surface area (TPSA) is 90.0 Å². The Hall–Kier alpha value is -3.07. The van der Waals surface area contributed by atoms with E-state index in [1.54, 1.807) is 12.3 Å². The molecule has 4 rings (SSSR count). The van der Waals surface area contributed by atoms with E-state index >= 15 is 0 Å². The minimum atomic E-state index is -0.269. The van der Waals surface area contributed by atoms with Crippen LogP contribution in [-0.4, -0.2) is 35.3 Å². The number of benzene rings is 1. The second-order valence-corrected chi connectivity index (χ2v) is 6.68. The molecule has 0 spiro atoms. The molecule has 0 aliphatic carbocycles. The van der Waals surface area contributed by atoms with Crippen LogP contribution in [0.1, 0.15) is 21.7 Å². The molecule has 0 aliphatic heterocycles. The van der Waals surface area contributed by atoms with Crippen LogP contribution in [0.5, 0.6) is 0 Å². The van der Waals surface area contributed by atoms with Gasteiger partial charge in [-0.15, -0.1) is 0 Å². The van der Waals surface area contributed by atoms with Crippen molar-refractivity contribution in [3.63, 3.8) is 0 Å². The first-order valence-corrected chi connectivity index (χ1v) is 8.63. The van der Waals surface area contributed by atoms with Crippen molar-refractivity contribution in [1.29, 1.82) is 0 Å². The summed E-state index contributed by atoms with van der Waals surface area (Å²) >= 11 is 3.38. The zero-order chi connectivity index (χ0) is 18.1. The Balaban J connectivity index is 1.51. The van der Waals surface area contributed by atoms with E-state index in [-0.39, 0.29) is 5.91 Å². The number of amides is 1. The van der Waals surface area contributed by atoms with Crippen molar-refractivity contribution >= 4 is 33.3 Å². The van der Waals surface area contributed by atoms with Gasteiger partial charge in [-0.2, -0.15) is 19.7 Å². The molecule has 1 aromatic carbocycles. The summed E-state index contributed by atoms with van der Waals surface area (Å²) in [5.41, 5.74) is 2.87. The molecule has 9 heteroatoms. The molecule has 0 bridgehead atoms.